The molecule has 0 unspecified atom stereocenters. The van der Waals surface area contributed by atoms with Crippen LogP contribution < -0.4 is 15.7 Å². The zero-order valence-corrected chi connectivity index (χ0v) is 13.5. The van der Waals surface area contributed by atoms with Crippen LogP contribution >= 0.6 is 11.6 Å². The van der Waals surface area contributed by atoms with Gasteiger partial charge in [-0.05, 0) is 24.3 Å². The van der Waals surface area contributed by atoms with Crippen LogP contribution in [-0.4, -0.2) is 28.2 Å². The highest BCUT2D eigenvalue weighted by Gasteiger charge is 2.17. The molecule has 0 aliphatic heterocycles. The largest absolute Gasteiger partial charge is 0.496 e. The third-order valence-corrected chi connectivity index (χ3v) is 3.62. The first-order valence-corrected chi connectivity index (χ1v) is 7.41. The molecule has 120 valence electrons. The van der Waals surface area contributed by atoms with E-state index in [2.05, 4.69) is 21.2 Å². The fraction of sp³-hybridized carbons (Fsp3) is 0.118. The van der Waals surface area contributed by atoms with Gasteiger partial charge in [-0.2, -0.15) is 4.98 Å². The molecule has 1 aromatic carbocycles. The van der Waals surface area contributed by atoms with E-state index >= 15 is 0 Å². The summed E-state index contributed by atoms with van der Waals surface area (Å²) in [7, 11) is 1.52. The summed E-state index contributed by atoms with van der Waals surface area (Å²) >= 11 is 6.19. The van der Waals surface area contributed by atoms with E-state index in [-0.39, 0.29) is 6.54 Å². The van der Waals surface area contributed by atoms with Gasteiger partial charge in [0.15, 0.2) is 0 Å². The number of nitrogens with zero attached hydrogens (tertiary/aromatic N) is 3. The molecule has 0 aliphatic rings. The van der Waals surface area contributed by atoms with Crippen molar-refractivity contribution >= 4 is 28.3 Å². The Labute approximate surface area is 143 Å². The van der Waals surface area contributed by atoms with Gasteiger partial charge >= 0.3 is 5.69 Å². The van der Waals surface area contributed by atoms with Gasteiger partial charge in [-0.15, -0.1) is 6.42 Å². The minimum Gasteiger partial charge on any atom is -0.496 e. The number of aromatic nitrogens is 3. The SMILES string of the molecule is C#CCNc1nc(=O)n(-c2cccnc2)c2cc(Cl)cc(OC)c12. The van der Waals surface area contributed by atoms with Crippen LogP contribution in [0.1, 0.15) is 0 Å². The van der Waals surface area contributed by atoms with Crippen LogP contribution in [0.25, 0.3) is 16.6 Å². The maximum absolute atomic E-state index is 12.6. The van der Waals surface area contributed by atoms with E-state index in [0.717, 1.165) is 0 Å². The van der Waals surface area contributed by atoms with Gasteiger partial charge in [0.1, 0.15) is 11.6 Å². The van der Waals surface area contributed by atoms with Crippen molar-refractivity contribution < 1.29 is 4.74 Å². The minimum atomic E-state index is -0.473. The lowest BCUT2D eigenvalue weighted by Crippen LogP contribution is -2.24. The highest BCUT2D eigenvalue weighted by Crippen LogP contribution is 2.34. The Bertz CT molecular complexity index is 993. The predicted octanol–water partition coefficient (Wildman–Crippen LogP) is 2.49. The molecule has 0 aliphatic carbocycles. The lowest BCUT2D eigenvalue weighted by molar-refractivity contribution is 0.419. The van der Waals surface area contributed by atoms with Crippen molar-refractivity contribution in [2.45, 2.75) is 0 Å². The van der Waals surface area contributed by atoms with Gasteiger partial charge in [-0.1, -0.05) is 17.5 Å². The number of pyridine rings is 1. The van der Waals surface area contributed by atoms with E-state index in [0.29, 0.717) is 33.2 Å². The van der Waals surface area contributed by atoms with Crippen LogP contribution in [0.15, 0.2) is 41.5 Å². The third-order valence-electron chi connectivity index (χ3n) is 3.40. The lowest BCUT2D eigenvalue weighted by Gasteiger charge is -2.15. The Balaban J connectivity index is 2.43. The first-order chi connectivity index (χ1) is 11.7. The molecule has 7 heteroatoms. The molecule has 0 saturated carbocycles. The number of anilines is 1. The van der Waals surface area contributed by atoms with Crippen molar-refractivity contribution in [3.05, 3.63) is 52.2 Å². The quantitative estimate of drug-likeness (QED) is 0.739. The second-order valence-electron chi connectivity index (χ2n) is 4.85. The molecule has 24 heavy (non-hydrogen) atoms. The molecule has 0 amide bonds. The maximum Gasteiger partial charge on any atom is 0.354 e. The molecule has 6 nitrogen and oxygen atoms in total. The third kappa shape index (κ3) is 2.77. The topological polar surface area (TPSA) is 69.0 Å². The number of hydrogen-bond donors (Lipinski definition) is 1. The minimum absolute atomic E-state index is 0.226. The van der Waals surface area contributed by atoms with Crippen LogP contribution in [0.5, 0.6) is 5.75 Å². The molecule has 3 aromatic rings. The van der Waals surface area contributed by atoms with Crippen molar-refractivity contribution in [2.24, 2.45) is 0 Å². The van der Waals surface area contributed by atoms with Gasteiger partial charge in [0.25, 0.3) is 0 Å². The Morgan fingerprint density at radius 1 is 1.46 bits per heavy atom. The summed E-state index contributed by atoms with van der Waals surface area (Å²) in [6.45, 7) is 0.226. The first kappa shape index (κ1) is 15.8. The summed E-state index contributed by atoms with van der Waals surface area (Å²) in [5, 5.41) is 4.00. The Hall–Kier alpha value is -3.04. The van der Waals surface area contributed by atoms with E-state index in [9.17, 15) is 4.79 Å². The summed E-state index contributed by atoms with van der Waals surface area (Å²) in [6.07, 6.45) is 8.49. The molecule has 0 fully saturated rings. The van der Waals surface area contributed by atoms with Crippen LogP contribution in [0.4, 0.5) is 5.82 Å². The molecule has 0 saturated heterocycles. The van der Waals surface area contributed by atoms with Crippen LogP contribution in [0, 0.1) is 12.3 Å². The number of rotatable bonds is 4. The molecule has 3 rings (SSSR count). The zero-order valence-electron chi connectivity index (χ0n) is 12.8. The average molecular weight is 341 g/mol. The normalized spacial score (nSPS) is 10.4. The summed E-state index contributed by atoms with van der Waals surface area (Å²) in [4.78, 5) is 20.7. The molecule has 2 aromatic heterocycles. The Morgan fingerprint density at radius 3 is 2.96 bits per heavy atom. The number of nitrogens with one attached hydrogen (secondary N) is 1. The van der Waals surface area contributed by atoms with Gasteiger partial charge in [0.2, 0.25) is 0 Å². The number of halogens is 1. The molecule has 0 atom stereocenters. The number of methoxy groups -OCH3 is 1. The number of ether oxygens (including phenoxy) is 1. The Kier molecular flexibility index (Phi) is 4.36. The lowest BCUT2D eigenvalue weighted by atomic mass is 10.2. The predicted molar refractivity (Wildman–Crippen MR) is 94.0 cm³/mol. The van der Waals surface area contributed by atoms with Crippen LogP contribution in [0.2, 0.25) is 5.02 Å². The Morgan fingerprint density at radius 2 is 2.29 bits per heavy atom. The average Bonchev–Trinajstić information content (AvgIpc) is 2.59. The highest BCUT2D eigenvalue weighted by atomic mass is 35.5. The zero-order chi connectivity index (χ0) is 17.1. The molecule has 0 bridgehead atoms. The van der Waals surface area contributed by atoms with Gasteiger partial charge in [0, 0.05) is 11.2 Å². The van der Waals surface area contributed by atoms with Crippen molar-refractivity contribution in [3.63, 3.8) is 0 Å². The molecule has 2 heterocycles. The van der Waals surface area contributed by atoms with Gasteiger partial charge in [0.05, 0.1) is 36.4 Å². The number of hydrogen-bond acceptors (Lipinski definition) is 5. The molecular weight excluding hydrogens is 328 g/mol. The molecule has 1 N–H and O–H groups in total. The molecule has 0 radical (unpaired) electrons. The number of fused-ring (bicyclic) bond motifs is 1. The summed E-state index contributed by atoms with van der Waals surface area (Å²) in [6, 6.07) is 6.83. The van der Waals surface area contributed by atoms with Crippen LogP contribution in [-0.2, 0) is 0 Å². The first-order valence-electron chi connectivity index (χ1n) is 7.03. The summed E-state index contributed by atoms with van der Waals surface area (Å²) in [5.74, 6) is 3.30. The van der Waals surface area contributed by atoms with E-state index in [4.69, 9.17) is 22.8 Å². The van der Waals surface area contributed by atoms with Gasteiger partial charge < -0.3 is 10.1 Å². The standard InChI is InChI=1S/C17H13ClN4O2/c1-3-6-20-16-15-13(8-11(18)9-14(15)24-2)22(17(23)21-16)12-5-4-7-19-10-12/h1,4-5,7-10H,6H2,2H3,(H,20,21,23). The van der Waals surface area contributed by atoms with Gasteiger partial charge in [-0.25, -0.2) is 4.79 Å². The fourth-order valence-corrected chi connectivity index (χ4v) is 2.65. The second kappa shape index (κ2) is 6.60. The van der Waals surface area contributed by atoms with E-state index in [1.165, 1.54) is 11.7 Å². The van der Waals surface area contributed by atoms with Crippen molar-refractivity contribution in [1.82, 2.24) is 14.5 Å². The van der Waals surface area contributed by atoms with Crippen molar-refractivity contribution in [1.29, 1.82) is 0 Å². The highest BCUT2D eigenvalue weighted by molar-refractivity contribution is 6.31. The smallest absolute Gasteiger partial charge is 0.354 e. The van der Waals surface area contributed by atoms with E-state index < -0.39 is 5.69 Å². The van der Waals surface area contributed by atoms with Crippen LogP contribution in [0.3, 0.4) is 0 Å². The van der Waals surface area contributed by atoms with E-state index in [1.54, 1.807) is 36.7 Å². The van der Waals surface area contributed by atoms with Crippen molar-refractivity contribution in [2.75, 3.05) is 19.0 Å². The number of benzene rings is 1. The molecule has 0 spiro atoms. The maximum atomic E-state index is 12.6. The van der Waals surface area contributed by atoms with Gasteiger partial charge in [-0.3, -0.25) is 9.55 Å². The van der Waals surface area contributed by atoms with Crippen molar-refractivity contribution in [3.8, 4) is 23.8 Å². The summed E-state index contributed by atoms with van der Waals surface area (Å²) < 4.78 is 6.84. The monoisotopic (exact) mass is 340 g/mol. The summed E-state index contributed by atoms with van der Waals surface area (Å²) in [5.41, 5.74) is 0.652. The van der Waals surface area contributed by atoms with E-state index in [1.807, 2.05) is 0 Å². The number of terminal acetylenes is 1. The second-order valence-corrected chi connectivity index (χ2v) is 5.29. The molecular formula is C17H13ClN4O2. The fourth-order valence-electron chi connectivity index (χ4n) is 2.45.